The zero-order valence-electron chi connectivity index (χ0n) is 16.1. The fraction of sp³-hybridized carbons (Fsp3) is 0.611. The number of ether oxygens (including phenoxy) is 2. The number of aryl methyl sites for hydroxylation is 1. The largest absolute Gasteiger partial charge is 0.491 e. The first-order valence-electron chi connectivity index (χ1n) is 8.59. The van der Waals surface area contributed by atoms with E-state index in [1.165, 1.54) is 6.07 Å². The third-order valence-electron chi connectivity index (χ3n) is 3.32. The Morgan fingerprint density at radius 2 is 1.92 bits per heavy atom. The van der Waals surface area contributed by atoms with Crippen LogP contribution in [-0.2, 0) is 21.2 Å². The van der Waals surface area contributed by atoms with Crippen LogP contribution in [0, 0.1) is 0 Å². The standard InChI is InChI=1S/C18H29NO6S/c1-6-7-8-14-9-10-15(13-16(14)24-12-11-20)19(26(5,22)23)17(21)25-18(2,3)4/h9-10,13,20H,6-8,11-12H2,1-5H3. The minimum atomic E-state index is -3.90. The molecule has 0 aliphatic heterocycles. The first-order chi connectivity index (χ1) is 12.0. The average molecular weight is 387 g/mol. The van der Waals surface area contributed by atoms with Gasteiger partial charge < -0.3 is 14.6 Å². The van der Waals surface area contributed by atoms with Crippen molar-refractivity contribution in [2.45, 2.75) is 52.6 Å². The van der Waals surface area contributed by atoms with Crippen molar-refractivity contribution in [1.29, 1.82) is 0 Å². The Kier molecular flexibility index (Phi) is 7.89. The maximum absolute atomic E-state index is 12.4. The summed E-state index contributed by atoms with van der Waals surface area (Å²) in [7, 11) is -3.90. The number of benzene rings is 1. The van der Waals surface area contributed by atoms with Crippen molar-refractivity contribution < 1.29 is 27.8 Å². The molecule has 0 heterocycles. The van der Waals surface area contributed by atoms with Crippen molar-refractivity contribution in [1.82, 2.24) is 0 Å². The number of anilines is 1. The van der Waals surface area contributed by atoms with Gasteiger partial charge in [-0.15, -0.1) is 0 Å². The predicted octanol–water partition coefficient (Wildman–Crippen LogP) is 3.10. The lowest BCUT2D eigenvalue weighted by Crippen LogP contribution is -2.40. The third-order valence-corrected chi connectivity index (χ3v) is 4.35. The highest BCUT2D eigenvalue weighted by Gasteiger charge is 2.31. The van der Waals surface area contributed by atoms with E-state index in [4.69, 9.17) is 14.6 Å². The van der Waals surface area contributed by atoms with Gasteiger partial charge in [0.2, 0.25) is 10.0 Å². The first-order valence-corrected chi connectivity index (χ1v) is 10.4. The van der Waals surface area contributed by atoms with Gasteiger partial charge >= 0.3 is 6.09 Å². The van der Waals surface area contributed by atoms with Crippen molar-refractivity contribution in [2.75, 3.05) is 23.8 Å². The second-order valence-electron chi connectivity index (χ2n) is 6.98. The molecule has 1 aromatic carbocycles. The Balaban J connectivity index is 3.31. The molecule has 0 saturated carbocycles. The summed E-state index contributed by atoms with van der Waals surface area (Å²) >= 11 is 0. The molecule has 1 amide bonds. The van der Waals surface area contributed by atoms with E-state index in [2.05, 4.69) is 6.92 Å². The monoisotopic (exact) mass is 387 g/mol. The lowest BCUT2D eigenvalue weighted by atomic mass is 10.1. The van der Waals surface area contributed by atoms with E-state index in [9.17, 15) is 13.2 Å². The molecule has 148 valence electrons. The van der Waals surface area contributed by atoms with Crippen LogP contribution >= 0.6 is 0 Å². The van der Waals surface area contributed by atoms with Crippen molar-refractivity contribution in [3.8, 4) is 5.75 Å². The van der Waals surface area contributed by atoms with Crippen LogP contribution < -0.4 is 9.04 Å². The molecule has 8 heteroatoms. The van der Waals surface area contributed by atoms with E-state index in [-0.39, 0.29) is 18.9 Å². The maximum Gasteiger partial charge on any atom is 0.428 e. The van der Waals surface area contributed by atoms with Gasteiger partial charge in [-0.3, -0.25) is 0 Å². The third kappa shape index (κ3) is 6.84. The van der Waals surface area contributed by atoms with Crippen molar-refractivity contribution in [3.63, 3.8) is 0 Å². The maximum atomic E-state index is 12.4. The van der Waals surface area contributed by atoms with Gasteiger partial charge in [-0.2, -0.15) is 4.31 Å². The molecule has 0 radical (unpaired) electrons. The van der Waals surface area contributed by atoms with Gasteiger partial charge in [0.05, 0.1) is 18.6 Å². The molecule has 1 aromatic rings. The molecule has 0 bridgehead atoms. The van der Waals surface area contributed by atoms with Gasteiger partial charge in [0.25, 0.3) is 0 Å². The van der Waals surface area contributed by atoms with Crippen LogP contribution in [0.4, 0.5) is 10.5 Å². The molecule has 0 aliphatic rings. The van der Waals surface area contributed by atoms with Gasteiger partial charge in [0, 0.05) is 6.07 Å². The van der Waals surface area contributed by atoms with Gasteiger partial charge in [-0.1, -0.05) is 19.4 Å². The van der Waals surface area contributed by atoms with Gasteiger partial charge in [0.1, 0.15) is 18.0 Å². The Morgan fingerprint density at radius 3 is 2.42 bits per heavy atom. The second-order valence-corrected chi connectivity index (χ2v) is 8.81. The van der Waals surface area contributed by atoms with Crippen LogP contribution in [0.3, 0.4) is 0 Å². The second kappa shape index (κ2) is 9.23. The topological polar surface area (TPSA) is 93.1 Å². The molecule has 0 atom stereocenters. The van der Waals surface area contributed by atoms with Crippen molar-refractivity contribution >= 4 is 21.8 Å². The molecule has 1 rings (SSSR count). The van der Waals surface area contributed by atoms with Crippen molar-refractivity contribution in [3.05, 3.63) is 23.8 Å². The van der Waals surface area contributed by atoms with Crippen LogP contribution in [0.25, 0.3) is 0 Å². The average Bonchev–Trinajstić information content (AvgIpc) is 2.48. The number of aliphatic hydroxyl groups excluding tert-OH is 1. The normalized spacial score (nSPS) is 11.9. The smallest absolute Gasteiger partial charge is 0.428 e. The molecule has 0 spiro atoms. The molecular formula is C18H29NO6S. The van der Waals surface area contributed by atoms with E-state index in [0.717, 1.165) is 31.1 Å². The number of amides is 1. The van der Waals surface area contributed by atoms with Crippen LogP contribution in [-0.4, -0.2) is 44.7 Å². The molecule has 0 aromatic heterocycles. The number of carbonyl (C=O) groups excluding carboxylic acids is 1. The Hall–Kier alpha value is -1.80. The molecule has 7 nitrogen and oxygen atoms in total. The SMILES string of the molecule is CCCCc1ccc(N(C(=O)OC(C)(C)C)S(C)(=O)=O)cc1OCCO. The van der Waals surface area contributed by atoms with E-state index in [1.807, 2.05) is 0 Å². The van der Waals surface area contributed by atoms with Crippen LogP contribution in [0.2, 0.25) is 0 Å². The highest BCUT2D eigenvalue weighted by molar-refractivity contribution is 7.92. The molecule has 0 unspecified atom stereocenters. The summed E-state index contributed by atoms with van der Waals surface area (Å²) < 4.78 is 35.8. The summed E-state index contributed by atoms with van der Waals surface area (Å²) in [5.41, 5.74) is 0.189. The van der Waals surface area contributed by atoms with Crippen LogP contribution in [0.5, 0.6) is 5.75 Å². The van der Waals surface area contributed by atoms with Gasteiger partial charge in [-0.25, -0.2) is 13.2 Å². The fourth-order valence-corrected chi connectivity index (χ4v) is 3.07. The lowest BCUT2D eigenvalue weighted by molar-refractivity contribution is 0.0609. The fourth-order valence-electron chi connectivity index (χ4n) is 2.27. The lowest BCUT2D eigenvalue weighted by Gasteiger charge is -2.26. The number of rotatable bonds is 8. The molecule has 0 saturated heterocycles. The number of unbranched alkanes of at least 4 members (excludes halogenated alkanes) is 1. The van der Waals surface area contributed by atoms with Gasteiger partial charge in [0.15, 0.2) is 0 Å². The Morgan fingerprint density at radius 1 is 1.27 bits per heavy atom. The van der Waals surface area contributed by atoms with E-state index < -0.39 is 21.7 Å². The minimum absolute atomic E-state index is 0.0773. The Bertz CT molecular complexity index is 709. The molecule has 26 heavy (non-hydrogen) atoms. The summed E-state index contributed by atoms with van der Waals surface area (Å²) in [6.07, 6.45) is 2.65. The summed E-state index contributed by atoms with van der Waals surface area (Å²) in [5.74, 6) is 0.446. The number of sulfonamides is 1. The summed E-state index contributed by atoms with van der Waals surface area (Å²) in [5, 5.41) is 9.01. The summed E-state index contributed by atoms with van der Waals surface area (Å²) in [4.78, 5) is 12.4. The van der Waals surface area contributed by atoms with E-state index in [0.29, 0.717) is 10.1 Å². The van der Waals surface area contributed by atoms with Crippen molar-refractivity contribution in [2.24, 2.45) is 0 Å². The van der Waals surface area contributed by atoms with E-state index >= 15 is 0 Å². The summed E-state index contributed by atoms with van der Waals surface area (Å²) in [6.45, 7) is 6.96. The van der Waals surface area contributed by atoms with Crippen LogP contribution in [0.15, 0.2) is 18.2 Å². The quantitative estimate of drug-likeness (QED) is 0.737. The predicted molar refractivity (Wildman–Crippen MR) is 101 cm³/mol. The number of hydrogen-bond acceptors (Lipinski definition) is 6. The van der Waals surface area contributed by atoms with Gasteiger partial charge in [-0.05, 0) is 45.2 Å². The molecule has 0 aliphatic carbocycles. The minimum Gasteiger partial charge on any atom is -0.491 e. The zero-order chi connectivity index (χ0) is 20.0. The van der Waals surface area contributed by atoms with E-state index in [1.54, 1.807) is 32.9 Å². The zero-order valence-corrected chi connectivity index (χ0v) is 16.9. The first kappa shape index (κ1) is 22.2. The number of nitrogens with zero attached hydrogens (tertiary/aromatic N) is 1. The highest BCUT2D eigenvalue weighted by Crippen LogP contribution is 2.29. The number of hydrogen-bond donors (Lipinski definition) is 1. The molecule has 0 fully saturated rings. The molecular weight excluding hydrogens is 358 g/mol. The number of carbonyl (C=O) groups is 1. The Labute approximate surface area is 156 Å². The van der Waals surface area contributed by atoms with Crippen LogP contribution in [0.1, 0.15) is 46.1 Å². The highest BCUT2D eigenvalue weighted by atomic mass is 32.2. The number of aliphatic hydroxyl groups is 1. The molecule has 1 N–H and O–H groups in total. The summed E-state index contributed by atoms with van der Waals surface area (Å²) in [6, 6.07) is 4.79.